The Labute approximate surface area is 108 Å². The fraction of sp³-hybridized carbons (Fsp3) is 0.231. The molecule has 0 bridgehead atoms. The van der Waals surface area contributed by atoms with Crippen LogP contribution in [0.15, 0.2) is 35.3 Å². The van der Waals surface area contributed by atoms with Crippen LogP contribution in [0.5, 0.6) is 0 Å². The fourth-order valence-corrected chi connectivity index (χ4v) is 2.68. The maximum Gasteiger partial charge on any atom is 0.337 e. The minimum absolute atomic E-state index is 0.120. The van der Waals surface area contributed by atoms with E-state index in [4.69, 9.17) is 5.11 Å². The van der Waals surface area contributed by atoms with E-state index in [-0.39, 0.29) is 17.2 Å². The zero-order chi connectivity index (χ0) is 13.3. The van der Waals surface area contributed by atoms with Crippen LogP contribution in [0, 0.1) is 6.92 Å². The second-order valence-corrected chi connectivity index (χ2v) is 5.41. The molecule has 0 aliphatic heterocycles. The van der Waals surface area contributed by atoms with Crippen LogP contribution in [0.25, 0.3) is 0 Å². The van der Waals surface area contributed by atoms with Gasteiger partial charge in [0.1, 0.15) is 0 Å². The van der Waals surface area contributed by atoms with Gasteiger partial charge in [-0.05, 0) is 32.0 Å². The Morgan fingerprint density at radius 2 is 2.06 bits per heavy atom. The zero-order valence-electron chi connectivity index (χ0n) is 10.1. The molecule has 1 atom stereocenters. The van der Waals surface area contributed by atoms with Crippen LogP contribution >= 0.6 is 11.3 Å². The van der Waals surface area contributed by atoms with Gasteiger partial charge in [0.05, 0.1) is 11.6 Å². The highest BCUT2D eigenvalue weighted by molar-refractivity contribution is 7.12. The molecule has 0 amide bonds. The molecule has 1 N–H and O–H groups in total. The first kappa shape index (κ1) is 12.6. The highest BCUT2D eigenvalue weighted by Gasteiger charge is 2.13. The fourth-order valence-electron chi connectivity index (χ4n) is 1.75. The Morgan fingerprint density at radius 1 is 1.33 bits per heavy atom. The van der Waals surface area contributed by atoms with Crippen molar-refractivity contribution in [2.75, 3.05) is 0 Å². The number of aryl methyl sites for hydroxylation is 1. The third kappa shape index (κ3) is 2.36. The van der Waals surface area contributed by atoms with Gasteiger partial charge in [0, 0.05) is 22.0 Å². The number of aromatic carboxylic acids is 1. The summed E-state index contributed by atoms with van der Waals surface area (Å²) in [7, 11) is 0. The molecule has 2 rings (SSSR count). The van der Waals surface area contributed by atoms with Crippen LogP contribution in [0.4, 0.5) is 0 Å². The number of hydrogen-bond donors (Lipinski definition) is 1. The van der Waals surface area contributed by atoms with E-state index in [0.29, 0.717) is 0 Å². The summed E-state index contributed by atoms with van der Waals surface area (Å²) in [6, 6.07) is 6.41. The van der Waals surface area contributed by atoms with Gasteiger partial charge in [0.15, 0.2) is 0 Å². The number of carbonyl (C=O) groups is 1. The lowest BCUT2D eigenvalue weighted by Crippen LogP contribution is -2.23. The molecule has 0 saturated heterocycles. The summed E-state index contributed by atoms with van der Waals surface area (Å²) in [6.07, 6.45) is 1.39. The molecular formula is C13H13NO3S. The van der Waals surface area contributed by atoms with Gasteiger partial charge < -0.3 is 9.67 Å². The van der Waals surface area contributed by atoms with Crippen LogP contribution < -0.4 is 5.56 Å². The molecular weight excluding hydrogens is 250 g/mol. The molecule has 0 saturated carbocycles. The Hall–Kier alpha value is -1.88. The summed E-state index contributed by atoms with van der Waals surface area (Å²) >= 11 is 1.61. The van der Waals surface area contributed by atoms with Gasteiger partial charge in [0.25, 0.3) is 5.56 Å². The SMILES string of the molecule is Cc1ccc(C(C)n2cc(C(=O)O)ccc2=O)s1. The van der Waals surface area contributed by atoms with E-state index >= 15 is 0 Å². The molecule has 0 radical (unpaired) electrons. The minimum atomic E-state index is -1.03. The van der Waals surface area contributed by atoms with Crippen molar-refractivity contribution in [1.82, 2.24) is 4.57 Å². The van der Waals surface area contributed by atoms with E-state index in [1.165, 1.54) is 27.8 Å². The van der Waals surface area contributed by atoms with Gasteiger partial charge in [-0.3, -0.25) is 4.79 Å². The number of carboxylic acid groups (broad SMARTS) is 1. The number of thiophene rings is 1. The molecule has 0 spiro atoms. The van der Waals surface area contributed by atoms with E-state index < -0.39 is 5.97 Å². The van der Waals surface area contributed by atoms with E-state index in [1.54, 1.807) is 11.3 Å². The molecule has 5 heteroatoms. The molecule has 2 aromatic rings. The molecule has 0 aliphatic rings. The molecule has 1 unspecified atom stereocenters. The number of nitrogens with zero attached hydrogens (tertiary/aromatic N) is 1. The van der Waals surface area contributed by atoms with E-state index in [2.05, 4.69) is 0 Å². The maximum absolute atomic E-state index is 11.8. The largest absolute Gasteiger partial charge is 0.478 e. The summed E-state index contributed by atoms with van der Waals surface area (Å²) in [5.41, 5.74) is -0.0757. The molecule has 2 aromatic heterocycles. The first-order valence-electron chi connectivity index (χ1n) is 5.51. The zero-order valence-corrected chi connectivity index (χ0v) is 10.9. The Kier molecular flexibility index (Phi) is 3.34. The van der Waals surface area contributed by atoms with Crippen molar-refractivity contribution in [3.8, 4) is 0 Å². The standard InChI is InChI=1S/C13H13NO3S/c1-8-3-5-11(18-8)9(2)14-7-10(13(16)17)4-6-12(14)15/h3-7,9H,1-2H3,(H,16,17). The van der Waals surface area contributed by atoms with Crippen molar-refractivity contribution in [3.05, 3.63) is 56.1 Å². The average molecular weight is 263 g/mol. The third-order valence-corrected chi connectivity index (χ3v) is 3.95. The summed E-state index contributed by atoms with van der Waals surface area (Å²) in [6.45, 7) is 3.88. The van der Waals surface area contributed by atoms with Crippen LogP contribution in [0.1, 0.15) is 33.1 Å². The van der Waals surface area contributed by atoms with Crippen molar-refractivity contribution in [2.24, 2.45) is 0 Å². The minimum Gasteiger partial charge on any atom is -0.478 e. The summed E-state index contributed by atoms with van der Waals surface area (Å²) in [4.78, 5) is 24.9. The number of rotatable bonds is 3. The van der Waals surface area contributed by atoms with Gasteiger partial charge in [-0.1, -0.05) is 0 Å². The number of pyridine rings is 1. The van der Waals surface area contributed by atoms with Crippen LogP contribution in [0.2, 0.25) is 0 Å². The molecule has 0 aromatic carbocycles. The highest BCUT2D eigenvalue weighted by Crippen LogP contribution is 2.24. The summed E-state index contributed by atoms with van der Waals surface area (Å²) in [5, 5.41) is 8.94. The van der Waals surface area contributed by atoms with Crippen molar-refractivity contribution >= 4 is 17.3 Å². The van der Waals surface area contributed by atoms with Gasteiger partial charge in [-0.25, -0.2) is 4.79 Å². The van der Waals surface area contributed by atoms with Crippen LogP contribution in [-0.2, 0) is 0 Å². The van der Waals surface area contributed by atoms with Gasteiger partial charge in [0.2, 0.25) is 0 Å². The lowest BCUT2D eigenvalue weighted by atomic mass is 10.2. The molecule has 0 aliphatic carbocycles. The smallest absolute Gasteiger partial charge is 0.337 e. The summed E-state index contributed by atoms with van der Waals surface area (Å²) in [5.74, 6) is -1.03. The number of carboxylic acids is 1. The lowest BCUT2D eigenvalue weighted by Gasteiger charge is -2.13. The lowest BCUT2D eigenvalue weighted by molar-refractivity contribution is 0.0695. The van der Waals surface area contributed by atoms with Crippen LogP contribution in [-0.4, -0.2) is 15.6 Å². The second kappa shape index (κ2) is 4.78. The van der Waals surface area contributed by atoms with Crippen molar-refractivity contribution in [1.29, 1.82) is 0 Å². The molecule has 4 nitrogen and oxygen atoms in total. The van der Waals surface area contributed by atoms with E-state index in [1.807, 2.05) is 26.0 Å². The molecule has 2 heterocycles. The summed E-state index contributed by atoms with van der Waals surface area (Å²) < 4.78 is 1.45. The first-order valence-corrected chi connectivity index (χ1v) is 6.32. The second-order valence-electron chi connectivity index (χ2n) is 4.09. The first-order chi connectivity index (χ1) is 8.49. The molecule has 0 fully saturated rings. The predicted octanol–water partition coefficient (Wildman–Crippen LogP) is 2.53. The maximum atomic E-state index is 11.8. The van der Waals surface area contributed by atoms with E-state index in [9.17, 15) is 9.59 Å². The van der Waals surface area contributed by atoms with E-state index in [0.717, 1.165) is 4.88 Å². The van der Waals surface area contributed by atoms with Gasteiger partial charge in [-0.2, -0.15) is 0 Å². The molecule has 94 valence electrons. The highest BCUT2D eigenvalue weighted by atomic mass is 32.1. The monoisotopic (exact) mass is 263 g/mol. The normalized spacial score (nSPS) is 12.3. The Balaban J connectivity index is 2.47. The van der Waals surface area contributed by atoms with Gasteiger partial charge in [-0.15, -0.1) is 11.3 Å². The van der Waals surface area contributed by atoms with Crippen molar-refractivity contribution < 1.29 is 9.90 Å². The van der Waals surface area contributed by atoms with Crippen molar-refractivity contribution in [3.63, 3.8) is 0 Å². The Morgan fingerprint density at radius 3 is 2.61 bits per heavy atom. The number of hydrogen-bond acceptors (Lipinski definition) is 3. The van der Waals surface area contributed by atoms with Gasteiger partial charge >= 0.3 is 5.97 Å². The quantitative estimate of drug-likeness (QED) is 0.925. The average Bonchev–Trinajstić information content (AvgIpc) is 2.75. The third-order valence-electron chi connectivity index (χ3n) is 2.78. The van der Waals surface area contributed by atoms with Crippen molar-refractivity contribution in [2.45, 2.75) is 19.9 Å². The number of aromatic nitrogens is 1. The molecule has 18 heavy (non-hydrogen) atoms. The predicted molar refractivity (Wildman–Crippen MR) is 70.5 cm³/mol. The topological polar surface area (TPSA) is 59.3 Å². The Bertz CT molecular complexity index is 642. The van der Waals surface area contributed by atoms with Crippen LogP contribution in [0.3, 0.4) is 0 Å².